The van der Waals surface area contributed by atoms with Crippen LogP contribution in [0.4, 0.5) is 8.78 Å². The second-order valence-electron chi connectivity index (χ2n) is 5.99. The van der Waals surface area contributed by atoms with Gasteiger partial charge in [0.25, 0.3) is 0 Å². The number of hydrogen-bond acceptors (Lipinski definition) is 2. The van der Waals surface area contributed by atoms with Crippen molar-refractivity contribution < 1.29 is 8.78 Å². The van der Waals surface area contributed by atoms with Crippen molar-refractivity contribution in [3.05, 3.63) is 22.4 Å². The van der Waals surface area contributed by atoms with Crippen molar-refractivity contribution in [1.29, 1.82) is 0 Å². The number of hydrogen-bond donors (Lipinski definition) is 0. The van der Waals surface area contributed by atoms with Gasteiger partial charge in [0, 0.05) is 30.3 Å². The van der Waals surface area contributed by atoms with Gasteiger partial charge in [-0.1, -0.05) is 6.07 Å². The fourth-order valence-electron chi connectivity index (χ4n) is 3.61. The predicted octanol–water partition coefficient (Wildman–Crippen LogP) is 4.71. The van der Waals surface area contributed by atoms with Gasteiger partial charge in [-0.05, 0) is 49.6 Å². The lowest BCUT2D eigenvalue weighted by atomic mass is 9.86. The molecule has 1 aliphatic heterocycles. The van der Waals surface area contributed by atoms with Crippen LogP contribution in [0.3, 0.4) is 0 Å². The van der Waals surface area contributed by atoms with Crippen molar-refractivity contribution in [2.24, 2.45) is 5.92 Å². The molecule has 19 heavy (non-hydrogen) atoms. The van der Waals surface area contributed by atoms with Crippen LogP contribution in [-0.2, 0) is 0 Å². The highest BCUT2D eigenvalue weighted by Gasteiger charge is 2.38. The minimum absolute atomic E-state index is 0.0951. The van der Waals surface area contributed by atoms with E-state index in [4.69, 9.17) is 0 Å². The van der Waals surface area contributed by atoms with Gasteiger partial charge >= 0.3 is 0 Å². The van der Waals surface area contributed by atoms with Gasteiger partial charge in [-0.3, -0.25) is 4.90 Å². The Hall–Kier alpha value is -0.480. The van der Waals surface area contributed by atoms with Gasteiger partial charge in [0.2, 0.25) is 5.92 Å². The maximum Gasteiger partial charge on any atom is 0.248 e. The van der Waals surface area contributed by atoms with E-state index in [0.717, 1.165) is 19.5 Å². The quantitative estimate of drug-likeness (QED) is 0.777. The molecule has 1 saturated carbocycles. The highest BCUT2D eigenvalue weighted by molar-refractivity contribution is 7.10. The largest absolute Gasteiger partial charge is 0.295 e. The van der Waals surface area contributed by atoms with Crippen LogP contribution < -0.4 is 0 Å². The Bertz CT molecular complexity index is 404. The molecule has 0 spiro atoms. The van der Waals surface area contributed by atoms with Gasteiger partial charge in [-0.15, -0.1) is 11.3 Å². The Morgan fingerprint density at radius 3 is 2.95 bits per heavy atom. The summed E-state index contributed by atoms with van der Waals surface area (Å²) in [5.41, 5.74) is 0. The molecule has 0 N–H and O–H groups in total. The summed E-state index contributed by atoms with van der Waals surface area (Å²) >= 11 is 1.80. The van der Waals surface area contributed by atoms with Gasteiger partial charge in [0.15, 0.2) is 0 Å². The standard InChI is InChI=1S/C15H21F2NS/c16-15(17)7-1-4-12(10-15)11-18-8-2-5-13(18)14-6-3-9-19-14/h3,6,9,12-13H,1-2,4-5,7-8,10-11H2/t12-,13-/m0/s1. The van der Waals surface area contributed by atoms with Crippen LogP contribution in [0.2, 0.25) is 0 Å². The predicted molar refractivity (Wildman–Crippen MR) is 74.8 cm³/mol. The van der Waals surface area contributed by atoms with E-state index in [1.54, 1.807) is 11.3 Å². The molecule has 1 nitrogen and oxygen atoms in total. The monoisotopic (exact) mass is 285 g/mol. The van der Waals surface area contributed by atoms with Crippen LogP contribution in [0.15, 0.2) is 17.5 Å². The summed E-state index contributed by atoms with van der Waals surface area (Å²) in [6, 6.07) is 4.75. The minimum Gasteiger partial charge on any atom is -0.295 e. The summed E-state index contributed by atoms with van der Waals surface area (Å²) in [5, 5.41) is 2.11. The van der Waals surface area contributed by atoms with Crippen LogP contribution in [0.25, 0.3) is 0 Å². The van der Waals surface area contributed by atoms with Crippen molar-refractivity contribution >= 4 is 11.3 Å². The fraction of sp³-hybridized carbons (Fsp3) is 0.733. The first kappa shape index (κ1) is 13.5. The van der Waals surface area contributed by atoms with Gasteiger partial charge in [0.1, 0.15) is 0 Å². The van der Waals surface area contributed by atoms with Crippen LogP contribution in [0, 0.1) is 5.92 Å². The molecule has 1 aromatic rings. The van der Waals surface area contributed by atoms with Crippen molar-refractivity contribution in [2.75, 3.05) is 13.1 Å². The lowest BCUT2D eigenvalue weighted by Crippen LogP contribution is -2.35. The van der Waals surface area contributed by atoms with E-state index < -0.39 is 5.92 Å². The first-order valence-electron chi connectivity index (χ1n) is 7.29. The molecule has 2 atom stereocenters. The molecule has 0 radical (unpaired) electrons. The van der Waals surface area contributed by atoms with Crippen LogP contribution in [0.5, 0.6) is 0 Å². The van der Waals surface area contributed by atoms with E-state index >= 15 is 0 Å². The maximum atomic E-state index is 13.5. The highest BCUT2D eigenvalue weighted by atomic mass is 32.1. The second kappa shape index (κ2) is 5.49. The number of thiophene rings is 1. The third kappa shape index (κ3) is 3.16. The van der Waals surface area contributed by atoms with E-state index in [1.165, 1.54) is 17.7 Å². The van der Waals surface area contributed by atoms with Gasteiger partial charge in [-0.25, -0.2) is 8.78 Å². The molecule has 0 aromatic carbocycles. The second-order valence-corrected chi connectivity index (χ2v) is 6.97. The average Bonchev–Trinajstić information content (AvgIpc) is 2.96. The Morgan fingerprint density at radius 2 is 2.21 bits per heavy atom. The van der Waals surface area contributed by atoms with Crippen molar-refractivity contribution in [3.63, 3.8) is 0 Å². The van der Waals surface area contributed by atoms with E-state index in [9.17, 15) is 8.78 Å². The summed E-state index contributed by atoms with van der Waals surface area (Å²) in [5.74, 6) is -2.23. The Kier molecular flexibility index (Phi) is 3.90. The molecule has 1 saturated heterocycles. The summed E-state index contributed by atoms with van der Waals surface area (Å²) in [6.07, 6.45) is 4.24. The first-order valence-corrected chi connectivity index (χ1v) is 8.17. The summed E-state index contributed by atoms with van der Waals surface area (Å²) in [7, 11) is 0. The number of likely N-dealkylation sites (tertiary alicyclic amines) is 1. The van der Waals surface area contributed by atoms with Crippen molar-refractivity contribution in [1.82, 2.24) is 4.90 Å². The molecular formula is C15H21F2NS. The van der Waals surface area contributed by atoms with Crippen LogP contribution >= 0.6 is 11.3 Å². The topological polar surface area (TPSA) is 3.24 Å². The Balaban J connectivity index is 1.62. The maximum absolute atomic E-state index is 13.5. The molecule has 2 aliphatic rings. The van der Waals surface area contributed by atoms with E-state index in [0.29, 0.717) is 12.5 Å². The Morgan fingerprint density at radius 1 is 1.32 bits per heavy atom. The molecule has 0 unspecified atom stereocenters. The van der Waals surface area contributed by atoms with Crippen LogP contribution in [-0.4, -0.2) is 23.9 Å². The summed E-state index contributed by atoms with van der Waals surface area (Å²) < 4.78 is 27.0. The average molecular weight is 285 g/mol. The molecular weight excluding hydrogens is 264 g/mol. The zero-order valence-electron chi connectivity index (χ0n) is 11.2. The number of rotatable bonds is 3. The normalized spacial score (nSPS) is 31.7. The summed E-state index contributed by atoms with van der Waals surface area (Å²) in [6.45, 7) is 1.93. The molecule has 1 aromatic heterocycles. The molecule has 2 fully saturated rings. The molecule has 1 aliphatic carbocycles. The molecule has 0 bridgehead atoms. The minimum atomic E-state index is -2.42. The molecule has 3 rings (SSSR count). The van der Waals surface area contributed by atoms with Crippen molar-refractivity contribution in [3.8, 4) is 0 Å². The van der Waals surface area contributed by atoms with E-state index in [1.807, 2.05) is 0 Å². The third-order valence-electron chi connectivity index (χ3n) is 4.47. The highest BCUT2D eigenvalue weighted by Crippen LogP contribution is 2.40. The van der Waals surface area contributed by atoms with Gasteiger partial charge in [-0.2, -0.15) is 0 Å². The fourth-order valence-corrected chi connectivity index (χ4v) is 4.51. The number of halogens is 2. The number of nitrogens with zero attached hydrogens (tertiary/aromatic N) is 1. The number of alkyl halides is 2. The lowest BCUT2D eigenvalue weighted by Gasteiger charge is -2.33. The Labute approximate surface area is 117 Å². The smallest absolute Gasteiger partial charge is 0.248 e. The third-order valence-corrected chi connectivity index (χ3v) is 5.44. The molecule has 0 amide bonds. The zero-order valence-corrected chi connectivity index (χ0v) is 12.0. The van der Waals surface area contributed by atoms with Crippen LogP contribution in [0.1, 0.15) is 49.4 Å². The van der Waals surface area contributed by atoms with Gasteiger partial charge in [0.05, 0.1) is 0 Å². The molecule has 2 heterocycles. The molecule has 106 valence electrons. The van der Waals surface area contributed by atoms with Gasteiger partial charge < -0.3 is 0 Å². The zero-order chi connectivity index (χ0) is 13.3. The van der Waals surface area contributed by atoms with E-state index in [2.05, 4.69) is 22.4 Å². The summed E-state index contributed by atoms with van der Waals surface area (Å²) in [4.78, 5) is 3.85. The lowest BCUT2D eigenvalue weighted by molar-refractivity contribution is -0.0574. The first-order chi connectivity index (χ1) is 9.14. The molecule has 4 heteroatoms. The SMILES string of the molecule is FC1(F)CCC[C@H](CN2CCC[C@H]2c2cccs2)C1. The van der Waals surface area contributed by atoms with Crippen molar-refractivity contribution in [2.45, 2.75) is 50.5 Å². The van der Waals surface area contributed by atoms with E-state index in [-0.39, 0.29) is 18.8 Å².